The summed E-state index contributed by atoms with van der Waals surface area (Å²) in [7, 11) is 0. The van der Waals surface area contributed by atoms with E-state index in [0.29, 0.717) is 12.5 Å². The van der Waals surface area contributed by atoms with Crippen LogP contribution in [0, 0.1) is 5.92 Å². The molecule has 5 nitrogen and oxygen atoms in total. The normalized spacial score (nSPS) is 11.3. The second-order valence-corrected chi connectivity index (χ2v) is 5.87. The van der Waals surface area contributed by atoms with Gasteiger partial charge in [-0.2, -0.15) is 0 Å². The summed E-state index contributed by atoms with van der Waals surface area (Å²) in [4.78, 5) is 12.4. The molecule has 2 rings (SSSR count). The first-order valence-electron chi connectivity index (χ1n) is 8.88. The van der Waals surface area contributed by atoms with Gasteiger partial charge in [-0.05, 0) is 18.4 Å². The molecule has 0 aliphatic rings. The highest BCUT2D eigenvalue weighted by Gasteiger charge is 2.06. The van der Waals surface area contributed by atoms with Gasteiger partial charge in [-0.1, -0.05) is 57.0 Å². The van der Waals surface area contributed by atoms with E-state index in [4.69, 9.17) is 0 Å². The molecule has 25 heavy (non-hydrogen) atoms. The molecule has 0 aliphatic carbocycles. The number of rotatable bonds is 8. The molecule has 0 radical (unpaired) electrons. The summed E-state index contributed by atoms with van der Waals surface area (Å²) in [5.41, 5.74) is 2.16. The van der Waals surface area contributed by atoms with Crippen molar-refractivity contribution in [3.8, 4) is 11.3 Å². The van der Waals surface area contributed by atoms with Crippen molar-refractivity contribution in [1.29, 1.82) is 0 Å². The third-order valence-electron chi connectivity index (χ3n) is 4.16. The fraction of sp³-hybridized carbons (Fsp3) is 0.474. The summed E-state index contributed by atoms with van der Waals surface area (Å²) in [6.45, 7) is 8.87. The number of nitrogens with zero attached hydrogens (tertiary/aromatic N) is 2. The Bertz CT molecular complexity index is 620. The molecular weight excluding hydrogens is 425 g/mol. The molecule has 0 saturated carbocycles. The first kappa shape index (κ1) is 21.5. The second-order valence-electron chi connectivity index (χ2n) is 5.87. The Labute approximate surface area is 168 Å². The lowest BCUT2D eigenvalue weighted by atomic mass is 10.0. The highest BCUT2D eigenvalue weighted by atomic mass is 127. The molecule has 0 bridgehead atoms. The molecule has 0 spiro atoms. The van der Waals surface area contributed by atoms with E-state index in [2.05, 4.69) is 58.5 Å². The molecule has 1 heterocycles. The number of hydrogen-bond acceptors (Lipinski definition) is 2. The van der Waals surface area contributed by atoms with Crippen LogP contribution in [0.25, 0.3) is 11.3 Å². The van der Waals surface area contributed by atoms with Gasteiger partial charge in [0.25, 0.3) is 0 Å². The summed E-state index contributed by atoms with van der Waals surface area (Å²) in [5, 5.41) is 6.72. The van der Waals surface area contributed by atoms with Gasteiger partial charge < -0.3 is 15.6 Å². The summed E-state index contributed by atoms with van der Waals surface area (Å²) in [6.07, 6.45) is 4.23. The highest BCUT2D eigenvalue weighted by molar-refractivity contribution is 14.0. The van der Waals surface area contributed by atoms with Gasteiger partial charge in [0.15, 0.2) is 5.96 Å². The van der Waals surface area contributed by atoms with Crippen LogP contribution in [0.2, 0.25) is 0 Å². The fourth-order valence-electron chi connectivity index (χ4n) is 2.52. The Kier molecular flexibility index (Phi) is 10.2. The van der Waals surface area contributed by atoms with Gasteiger partial charge in [0, 0.05) is 13.1 Å². The van der Waals surface area contributed by atoms with E-state index in [9.17, 15) is 0 Å². The average molecular weight is 455 g/mol. The lowest BCUT2D eigenvalue weighted by Gasteiger charge is -2.16. The first-order valence-corrected chi connectivity index (χ1v) is 8.88. The van der Waals surface area contributed by atoms with Crippen LogP contribution < -0.4 is 10.6 Å². The fourth-order valence-corrected chi connectivity index (χ4v) is 2.52. The Balaban J connectivity index is 0.00000312. The van der Waals surface area contributed by atoms with E-state index < -0.39 is 0 Å². The van der Waals surface area contributed by atoms with Crippen molar-refractivity contribution in [2.24, 2.45) is 10.9 Å². The zero-order valence-electron chi connectivity index (χ0n) is 15.4. The number of hydrogen-bond donors (Lipinski definition) is 3. The van der Waals surface area contributed by atoms with E-state index in [1.54, 1.807) is 0 Å². The summed E-state index contributed by atoms with van der Waals surface area (Å²) < 4.78 is 0. The molecule has 0 amide bonds. The number of aromatic nitrogens is 2. The SMILES string of the molecule is CCNC(=NCc1ncc(-c2ccccc2)[nH]1)NCC(CC)CC.I. The lowest BCUT2D eigenvalue weighted by Crippen LogP contribution is -2.39. The van der Waals surface area contributed by atoms with Crippen molar-refractivity contribution in [3.63, 3.8) is 0 Å². The average Bonchev–Trinajstić information content (AvgIpc) is 3.10. The highest BCUT2D eigenvalue weighted by Crippen LogP contribution is 2.16. The predicted molar refractivity (Wildman–Crippen MR) is 116 cm³/mol. The van der Waals surface area contributed by atoms with Crippen LogP contribution in [-0.2, 0) is 6.54 Å². The molecule has 0 aliphatic heterocycles. The van der Waals surface area contributed by atoms with Crippen LogP contribution in [0.15, 0.2) is 41.5 Å². The van der Waals surface area contributed by atoms with Crippen LogP contribution in [0.1, 0.15) is 39.4 Å². The maximum Gasteiger partial charge on any atom is 0.191 e. The van der Waals surface area contributed by atoms with E-state index in [1.807, 2.05) is 24.4 Å². The molecule has 138 valence electrons. The molecule has 0 atom stereocenters. The van der Waals surface area contributed by atoms with Gasteiger partial charge in [0.1, 0.15) is 12.4 Å². The van der Waals surface area contributed by atoms with E-state index in [0.717, 1.165) is 36.1 Å². The van der Waals surface area contributed by atoms with Gasteiger partial charge in [-0.15, -0.1) is 24.0 Å². The molecule has 0 fully saturated rings. The number of nitrogens with one attached hydrogen (secondary N) is 3. The molecule has 0 unspecified atom stereocenters. The van der Waals surface area contributed by atoms with E-state index >= 15 is 0 Å². The first-order chi connectivity index (χ1) is 11.8. The molecule has 1 aromatic heterocycles. The zero-order valence-corrected chi connectivity index (χ0v) is 17.7. The van der Waals surface area contributed by atoms with Gasteiger partial charge in [-0.3, -0.25) is 0 Å². The maximum absolute atomic E-state index is 4.63. The van der Waals surface area contributed by atoms with E-state index in [-0.39, 0.29) is 24.0 Å². The van der Waals surface area contributed by atoms with Crippen molar-refractivity contribution in [1.82, 2.24) is 20.6 Å². The van der Waals surface area contributed by atoms with Crippen LogP contribution in [0.4, 0.5) is 0 Å². The molecule has 0 saturated heterocycles. The second kappa shape index (κ2) is 11.9. The van der Waals surface area contributed by atoms with Gasteiger partial charge in [-0.25, -0.2) is 9.98 Å². The van der Waals surface area contributed by atoms with Crippen molar-refractivity contribution in [2.45, 2.75) is 40.2 Å². The lowest BCUT2D eigenvalue weighted by molar-refractivity contribution is 0.481. The molecule has 3 N–H and O–H groups in total. The monoisotopic (exact) mass is 455 g/mol. The van der Waals surface area contributed by atoms with Crippen LogP contribution in [-0.4, -0.2) is 29.0 Å². The number of guanidine groups is 1. The Morgan fingerprint density at radius 1 is 1.12 bits per heavy atom. The van der Waals surface area contributed by atoms with Crippen molar-refractivity contribution < 1.29 is 0 Å². The minimum atomic E-state index is 0. The number of imidazole rings is 1. The number of halogens is 1. The Morgan fingerprint density at radius 3 is 2.48 bits per heavy atom. The molecule has 6 heteroatoms. The van der Waals surface area contributed by atoms with Crippen molar-refractivity contribution >= 4 is 29.9 Å². The number of aromatic amines is 1. The maximum atomic E-state index is 4.63. The molecule has 2 aromatic rings. The van der Waals surface area contributed by atoms with Crippen LogP contribution >= 0.6 is 24.0 Å². The minimum Gasteiger partial charge on any atom is -0.357 e. The quantitative estimate of drug-likeness (QED) is 0.318. The van der Waals surface area contributed by atoms with Gasteiger partial charge >= 0.3 is 0 Å². The smallest absolute Gasteiger partial charge is 0.191 e. The molecular formula is C19H30IN5. The minimum absolute atomic E-state index is 0. The van der Waals surface area contributed by atoms with Gasteiger partial charge in [0.05, 0.1) is 11.9 Å². The largest absolute Gasteiger partial charge is 0.357 e. The summed E-state index contributed by atoms with van der Waals surface area (Å²) >= 11 is 0. The summed E-state index contributed by atoms with van der Waals surface area (Å²) in [6, 6.07) is 10.2. The predicted octanol–water partition coefficient (Wildman–Crippen LogP) is 4.19. The standard InChI is InChI=1S/C19H29N5.HI/c1-4-15(5-2)12-22-19(20-6-3)23-14-18-21-13-17(24-18)16-10-8-7-9-11-16;/h7-11,13,15H,4-6,12,14H2,1-3H3,(H,21,24)(H2,20,22,23);1H. The topological polar surface area (TPSA) is 65.1 Å². The Morgan fingerprint density at radius 2 is 1.84 bits per heavy atom. The Hall–Kier alpha value is -1.57. The van der Waals surface area contributed by atoms with Gasteiger partial charge in [0.2, 0.25) is 0 Å². The molecule has 1 aromatic carbocycles. The zero-order chi connectivity index (χ0) is 17.2. The van der Waals surface area contributed by atoms with Crippen molar-refractivity contribution in [3.05, 3.63) is 42.4 Å². The van der Waals surface area contributed by atoms with Crippen LogP contribution in [0.5, 0.6) is 0 Å². The number of H-pyrrole nitrogens is 1. The third kappa shape index (κ3) is 7.05. The number of aliphatic imine (C=N–C) groups is 1. The third-order valence-corrected chi connectivity index (χ3v) is 4.16. The summed E-state index contributed by atoms with van der Waals surface area (Å²) in [5.74, 6) is 2.40. The van der Waals surface area contributed by atoms with Crippen LogP contribution in [0.3, 0.4) is 0 Å². The van der Waals surface area contributed by atoms with E-state index in [1.165, 1.54) is 12.8 Å². The van der Waals surface area contributed by atoms with Crippen molar-refractivity contribution in [2.75, 3.05) is 13.1 Å². The number of benzene rings is 1.